The van der Waals surface area contributed by atoms with Crippen molar-refractivity contribution in [2.24, 2.45) is 5.92 Å². The highest BCUT2D eigenvalue weighted by Crippen LogP contribution is 2.40. The first-order chi connectivity index (χ1) is 9.41. The first kappa shape index (κ1) is 16.0. The number of aromatic nitrogens is 1. The number of rotatable bonds is 4. The highest BCUT2D eigenvalue weighted by molar-refractivity contribution is 7.11. The minimum absolute atomic E-state index is 0.154. The van der Waals surface area contributed by atoms with E-state index in [1.54, 1.807) is 0 Å². The van der Waals surface area contributed by atoms with Crippen molar-refractivity contribution in [2.45, 2.75) is 78.2 Å². The molecular weight excluding hydrogens is 264 g/mol. The second kappa shape index (κ2) is 6.57. The number of hydrogen-bond donors (Lipinski definition) is 1. The summed E-state index contributed by atoms with van der Waals surface area (Å²) >= 11 is 1.96. The van der Waals surface area contributed by atoms with Crippen LogP contribution in [0, 0.1) is 5.92 Å². The van der Waals surface area contributed by atoms with E-state index in [-0.39, 0.29) is 5.41 Å². The molecule has 1 aliphatic carbocycles. The van der Waals surface area contributed by atoms with Crippen LogP contribution in [-0.4, -0.2) is 11.5 Å². The van der Waals surface area contributed by atoms with Crippen LogP contribution < -0.4 is 5.32 Å². The monoisotopic (exact) mass is 294 g/mol. The van der Waals surface area contributed by atoms with E-state index in [1.165, 1.54) is 41.3 Å². The molecule has 20 heavy (non-hydrogen) atoms. The van der Waals surface area contributed by atoms with Gasteiger partial charge in [0.2, 0.25) is 0 Å². The molecule has 3 heteroatoms. The molecule has 1 fully saturated rings. The summed E-state index contributed by atoms with van der Waals surface area (Å²) < 4.78 is 0. The van der Waals surface area contributed by atoms with Crippen LogP contribution >= 0.6 is 11.3 Å². The smallest absolute Gasteiger partial charge is 0.0962 e. The number of hydrogen-bond acceptors (Lipinski definition) is 3. The van der Waals surface area contributed by atoms with Crippen LogP contribution in [0.2, 0.25) is 0 Å². The Labute approximate surface area is 128 Å². The predicted octanol–water partition coefficient (Wildman–Crippen LogP) is 4.84. The van der Waals surface area contributed by atoms with Crippen LogP contribution in [0.3, 0.4) is 0 Å². The van der Waals surface area contributed by atoms with Gasteiger partial charge in [-0.1, -0.05) is 47.5 Å². The van der Waals surface area contributed by atoms with E-state index in [0.29, 0.717) is 5.92 Å². The SMILES string of the molecule is CCNCc1sc(C2CCC(C)CC2)nc1C(C)(C)C. The molecule has 1 aromatic rings. The summed E-state index contributed by atoms with van der Waals surface area (Å²) in [6, 6.07) is 0. The minimum Gasteiger partial charge on any atom is -0.312 e. The third-order valence-corrected chi connectivity index (χ3v) is 5.54. The van der Waals surface area contributed by atoms with Gasteiger partial charge >= 0.3 is 0 Å². The van der Waals surface area contributed by atoms with Gasteiger partial charge in [-0.05, 0) is 25.3 Å². The molecule has 0 aromatic carbocycles. The normalized spacial score (nSPS) is 24.1. The van der Waals surface area contributed by atoms with Crippen molar-refractivity contribution in [3.63, 3.8) is 0 Å². The lowest BCUT2D eigenvalue weighted by atomic mass is 9.83. The molecule has 1 aliphatic rings. The van der Waals surface area contributed by atoms with Crippen LogP contribution in [-0.2, 0) is 12.0 Å². The molecule has 1 N–H and O–H groups in total. The highest BCUT2D eigenvalue weighted by atomic mass is 32.1. The van der Waals surface area contributed by atoms with Gasteiger partial charge in [-0.25, -0.2) is 4.98 Å². The molecular formula is C17H30N2S. The summed E-state index contributed by atoms with van der Waals surface area (Å²) in [5, 5.41) is 4.87. The molecule has 1 aromatic heterocycles. The van der Waals surface area contributed by atoms with Crippen molar-refractivity contribution in [1.82, 2.24) is 10.3 Å². The van der Waals surface area contributed by atoms with Gasteiger partial charge in [-0.3, -0.25) is 0 Å². The Morgan fingerprint density at radius 1 is 1.20 bits per heavy atom. The summed E-state index contributed by atoms with van der Waals surface area (Å²) in [6.07, 6.45) is 5.41. The molecule has 0 spiro atoms. The summed E-state index contributed by atoms with van der Waals surface area (Å²) in [5.41, 5.74) is 1.47. The zero-order valence-electron chi connectivity index (χ0n) is 13.8. The molecule has 0 aliphatic heterocycles. The Hall–Kier alpha value is -0.410. The van der Waals surface area contributed by atoms with Crippen LogP contribution in [0.25, 0.3) is 0 Å². The van der Waals surface area contributed by atoms with Gasteiger partial charge in [0.15, 0.2) is 0 Å². The van der Waals surface area contributed by atoms with Crippen molar-refractivity contribution in [3.05, 3.63) is 15.6 Å². The van der Waals surface area contributed by atoms with Gasteiger partial charge in [0.1, 0.15) is 0 Å². The van der Waals surface area contributed by atoms with E-state index >= 15 is 0 Å². The Balaban J connectivity index is 2.19. The zero-order chi connectivity index (χ0) is 14.8. The zero-order valence-corrected chi connectivity index (χ0v) is 14.6. The molecule has 0 saturated heterocycles. The van der Waals surface area contributed by atoms with E-state index in [9.17, 15) is 0 Å². The molecule has 0 radical (unpaired) electrons. The standard InChI is InChI=1S/C17H30N2S/c1-6-18-11-14-15(17(3,4)5)19-16(20-14)13-9-7-12(2)8-10-13/h12-13,18H,6-11H2,1-5H3. The minimum atomic E-state index is 0.154. The lowest BCUT2D eigenvalue weighted by molar-refractivity contribution is 0.346. The predicted molar refractivity (Wildman–Crippen MR) is 88.6 cm³/mol. The Morgan fingerprint density at radius 3 is 2.40 bits per heavy atom. The van der Waals surface area contributed by atoms with Gasteiger partial charge < -0.3 is 5.32 Å². The van der Waals surface area contributed by atoms with Crippen molar-refractivity contribution in [3.8, 4) is 0 Å². The molecule has 2 nitrogen and oxygen atoms in total. The molecule has 0 amide bonds. The quantitative estimate of drug-likeness (QED) is 0.859. The first-order valence-corrected chi connectivity index (χ1v) is 8.94. The lowest BCUT2D eigenvalue weighted by Crippen LogP contribution is -2.18. The molecule has 114 valence electrons. The number of nitrogens with zero attached hydrogens (tertiary/aromatic N) is 1. The van der Waals surface area contributed by atoms with E-state index < -0.39 is 0 Å². The third kappa shape index (κ3) is 3.82. The fourth-order valence-corrected chi connectivity index (χ4v) is 4.41. The Bertz CT molecular complexity index is 423. The average molecular weight is 295 g/mol. The highest BCUT2D eigenvalue weighted by Gasteiger charge is 2.27. The largest absolute Gasteiger partial charge is 0.312 e. The molecule has 1 heterocycles. The van der Waals surface area contributed by atoms with E-state index in [4.69, 9.17) is 4.98 Å². The van der Waals surface area contributed by atoms with Crippen LogP contribution in [0.4, 0.5) is 0 Å². The molecule has 1 saturated carbocycles. The van der Waals surface area contributed by atoms with Crippen LogP contribution in [0.1, 0.15) is 81.8 Å². The van der Waals surface area contributed by atoms with E-state index in [1.807, 2.05) is 11.3 Å². The van der Waals surface area contributed by atoms with Gasteiger partial charge in [0, 0.05) is 22.8 Å². The van der Waals surface area contributed by atoms with Crippen molar-refractivity contribution >= 4 is 11.3 Å². The van der Waals surface area contributed by atoms with Gasteiger partial charge in [-0.15, -0.1) is 11.3 Å². The van der Waals surface area contributed by atoms with Crippen LogP contribution in [0.15, 0.2) is 0 Å². The molecule has 0 atom stereocenters. The van der Waals surface area contributed by atoms with Crippen molar-refractivity contribution in [2.75, 3.05) is 6.54 Å². The first-order valence-electron chi connectivity index (χ1n) is 8.12. The average Bonchev–Trinajstić information content (AvgIpc) is 2.81. The maximum absolute atomic E-state index is 5.06. The van der Waals surface area contributed by atoms with E-state index in [0.717, 1.165) is 19.0 Å². The van der Waals surface area contributed by atoms with Gasteiger partial charge in [0.25, 0.3) is 0 Å². The van der Waals surface area contributed by atoms with E-state index in [2.05, 4.69) is 39.9 Å². The fourth-order valence-electron chi connectivity index (χ4n) is 3.00. The maximum Gasteiger partial charge on any atom is 0.0962 e. The summed E-state index contributed by atoms with van der Waals surface area (Å²) in [6.45, 7) is 13.4. The second-order valence-electron chi connectivity index (χ2n) is 7.31. The van der Waals surface area contributed by atoms with Gasteiger partial charge in [-0.2, -0.15) is 0 Å². The lowest BCUT2D eigenvalue weighted by Gasteiger charge is -2.24. The summed E-state index contributed by atoms with van der Waals surface area (Å²) in [4.78, 5) is 6.51. The second-order valence-corrected chi connectivity index (χ2v) is 8.43. The topological polar surface area (TPSA) is 24.9 Å². The number of thiazole rings is 1. The summed E-state index contributed by atoms with van der Waals surface area (Å²) in [5.74, 6) is 1.63. The Morgan fingerprint density at radius 2 is 1.85 bits per heavy atom. The number of nitrogens with one attached hydrogen (secondary N) is 1. The van der Waals surface area contributed by atoms with Gasteiger partial charge in [0.05, 0.1) is 10.7 Å². The molecule has 2 rings (SSSR count). The molecule has 0 unspecified atom stereocenters. The van der Waals surface area contributed by atoms with Crippen molar-refractivity contribution in [1.29, 1.82) is 0 Å². The summed E-state index contributed by atoms with van der Waals surface area (Å²) in [7, 11) is 0. The molecule has 0 bridgehead atoms. The van der Waals surface area contributed by atoms with Crippen LogP contribution in [0.5, 0.6) is 0 Å². The Kier molecular flexibility index (Phi) is 5.25. The maximum atomic E-state index is 5.06. The van der Waals surface area contributed by atoms with Crippen molar-refractivity contribution < 1.29 is 0 Å². The third-order valence-electron chi connectivity index (χ3n) is 4.32. The fraction of sp³-hybridized carbons (Fsp3) is 0.824.